The van der Waals surface area contributed by atoms with Gasteiger partial charge < -0.3 is 9.11 Å². The average Bonchev–Trinajstić information content (AvgIpc) is 3.37. The Morgan fingerprint density at radius 3 is 0.480 bits per heavy atom. The van der Waals surface area contributed by atoms with Gasteiger partial charge in [0, 0.05) is 0 Å². The average molecular weight is 1130 g/mol. The van der Waals surface area contributed by atoms with Crippen molar-refractivity contribution in [2.24, 2.45) is 11.8 Å². The Balaban J connectivity index is -0.00000136. The molecule has 0 rings (SSSR count). The maximum atomic E-state index is 10.9. The quantitative estimate of drug-likeness (QED) is 0.0254. The summed E-state index contributed by atoms with van der Waals surface area (Å²) >= 11 is 0. The van der Waals surface area contributed by atoms with E-state index in [-0.39, 0.29) is 62.8 Å². The van der Waals surface area contributed by atoms with Gasteiger partial charge in [-0.2, -0.15) is 0 Å². The third kappa shape index (κ3) is 75.0. The van der Waals surface area contributed by atoms with E-state index in [4.69, 9.17) is 0 Å². The molecule has 0 saturated carbocycles. The maximum Gasteiger partial charge on any atom is 2.00 e. The topological polar surface area (TPSA) is 133 Å². The van der Waals surface area contributed by atoms with Crippen molar-refractivity contribution in [1.82, 2.24) is 0 Å². The molecule has 0 fully saturated rings. The second-order valence-electron chi connectivity index (χ2n) is 23.2. The van der Waals surface area contributed by atoms with Crippen molar-refractivity contribution in [3.8, 4) is 0 Å². The molecule has 8 nitrogen and oxygen atoms in total. The molecule has 0 aromatic heterocycles. The van der Waals surface area contributed by atoms with Crippen LogP contribution >= 0.6 is 0 Å². The Labute approximate surface area is 501 Å². The minimum atomic E-state index is -4.58. The zero-order chi connectivity index (χ0) is 54.6. The van der Waals surface area contributed by atoms with E-state index in [1.54, 1.807) is 0 Å². The summed E-state index contributed by atoms with van der Waals surface area (Å²) in [6.07, 6.45) is 73.4. The Hall–Kier alpha value is 1.000. The van der Waals surface area contributed by atoms with E-state index >= 15 is 0 Å². The molecule has 0 aliphatic carbocycles. The minimum absolute atomic E-state index is 0. The molecule has 0 radical (unpaired) electrons. The number of hydrogen-bond acceptors (Lipinski definition) is 8. The monoisotopic (exact) mass is 1130 g/mol. The summed E-state index contributed by atoms with van der Waals surface area (Å²) in [6.45, 7) is 9.19. The Morgan fingerprint density at radius 2 is 0.360 bits per heavy atom. The van der Waals surface area contributed by atoms with Crippen molar-refractivity contribution in [2.45, 2.75) is 387 Å². The third-order valence-electron chi connectivity index (χ3n) is 15.8. The van der Waals surface area contributed by atoms with Gasteiger partial charge in [-0.3, -0.25) is 8.37 Å². The fourth-order valence-corrected chi connectivity index (χ4v) is 11.5. The van der Waals surface area contributed by atoms with Crippen molar-refractivity contribution >= 4 is 58.5 Å². The first-order valence-corrected chi connectivity index (χ1v) is 35.9. The number of rotatable bonds is 62. The molecule has 0 amide bonds. The third-order valence-corrected chi connectivity index (χ3v) is 16.6. The molecule has 2 unspecified atom stereocenters. The predicted molar refractivity (Wildman–Crippen MR) is 325 cm³/mol. The van der Waals surface area contributed by atoms with Gasteiger partial charge in [-0.15, -0.1) is 0 Å². The summed E-state index contributed by atoms with van der Waals surface area (Å²) in [6, 6.07) is 0. The molecule has 11 heteroatoms. The number of hydrogen-bond donors (Lipinski definition) is 0. The van der Waals surface area contributed by atoms with E-state index in [0.717, 1.165) is 51.4 Å². The van der Waals surface area contributed by atoms with Crippen LogP contribution in [0.4, 0.5) is 0 Å². The molecule has 0 aliphatic heterocycles. The van der Waals surface area contributed by atoms with Gasteiger partial charge >= 0.3 is 37.7 Å². The molecule has 0 N–H and O–H groups in total. The molecule has 2 atom stereocenters. The van der Waals surface area contributed by atoms with Crippen molar-refractivity contribution in [3.63, 3.8) is 0 Å². The van der Waals surface area contributed by atoms with E-state index in [9.17, 15) is 25.9 Å². The van der Waals surface area contributed by atoms with Crippen LogP contribution in [0, 0.1) is 11.8 Å². The molecule has 0 spiro atoms. The van der Waals surface area contributed by atoms with Gasteiger partial charge in [0.15, 0.2) is 0 Å². The molecule has 0 saturated heterocycles. The molecule has 0 aromatic carbocycles. The maximum absolute atomic E-state index is 10.9. The first kappa shape index (κ1) is 80.2. The van der Waals surface area contributed by atoms with Crippen LogP contribution in [0.2, 0.25) is 0 Å². The van der Waals surface area contributed by atoms with Crippen LogP contribution in [0.25, 0.3) is 0 Å². The summed E-state index contributed by atoms with van der Waals surface area (Å²) in [5.41, 5.74) is 0. The summed E-state index contributed by atoms with van der Waals surface area (Å²) in [5.74, 6) is 0.398. The largest absolute Gasteiger partial charge is 2.00 e. The summed E-state index contributed by atoms with van der Waals surface area (Å²) in [7, 11) is -9.16. The van der Waals surface area contributed by atoms with E-state index in [1.165, 1.54) is 308 Å². The molecule has 0 aromatic rings. The van der Waals surface area contributed by atoms with Crippen LogP contribution in [-0.4, -0.2) is 76.9 Å². The van der Waals surface area contributed by atoms with Gasteiger partial charge in [0.05, 0.1) is 13.2 Å². The Morgan fingerprint density at radius 1 is 0.240 bits per heavy atom. The van der Waals surface area contributed by atoms with Gasteiger partial charge in [-0.1, -0.05) is 362 Å². The van der Waals surface area contributed by atoms with E-state index < -0.39 is 20.8 Å². The van der Waals surface area contributed by atoms with Gasteiger partial charge in [0.2, 0.25) is 20.8 Å². The van der Waals surface area contributed by atoms with Crippen LogP contribution in [0.1, 0.15) is 387 Å². The Kier molecular flexibility index (Phi) is 70.4. The van der Waals surface area contributed by atoms with Crippen molar-refractivity contribution < 1.29 is 34.3 Å². The molecule has 0 bridgehead atoms. The normalized spacial score (nSPS) is 12.7. The minimum Gasteiger partial charge on any atom is -0.726 e. The first-order chi connectivity index (χ1) is 36.0. The van der Waals surface area contributed by atoms with Gasteiger partial charge in [-0.05, 0) is 37.5 Å². The van der Waals surface area contributed by atoms with Crippen LogP contribution in [0.5, 0.6) is 0 Å². The molecule has 448 valence electrons. The molecular weight excluding hydrogens is 1000 g/mol. The molecule has 0 heterocycles. The fourth-order valence-electron chi connectivity index (χ4n) is 10.8. The van der Waals surface area contributed by atoms with Crippen LogP contribution in [0.3, 0.4) is 0 Å². The van der Waals surface area contributed by atoms with Crippen molar-refractivity contribution in [3.05, 3.63) is 0 Å². The number of unbranched alkanes of at least 4 members (excludes halogenated alkanes) is 48. The van der Waals surface area contributed by atoms with Crippen LogP contribution in [0.15, 0.2) is 0 Å². The Bertz CT molecular complexity index is 1170. The standard InChI is InChI=1S/2C32H66O4S.Ca/c2*1-3-5-7-9-11-13-14-15-16-17-18-19-20-21-22-24-26-28-30-32(31-36-37(33,34)35)29-27-25-23-12-10-8-6-4-2;/h2*32H,3-31H2,1-2H3,(H,33,34,35);/q;;+2/p-2. The van der Waals surface area contributed by atoms with E-state index in [2.05, 4.69) is 36.1 Å². The van der Waals surface area contributed by atoms with Crippen molar-refractivity contribution in [2.75, 3.05) is 13.2 Å². The molecule has 0 aliphatic rings. The van der Waals surface area contributed by atoms with Gasteiger partial charge in [0.25, 0.3) is 0 Å². The van der Waals surface area contributed by atoms with E-state index in [0.29, 0.717) is 0 Å². The summed E-state index contributed by atoms with van der Waals surface area (Å²) in [4.78, 5) is 0. The zero-order valence-corrected chi connectivity index (χ0v) is 54.8. The second kappa shape index (κ2) is 65.8. The predicted octanol–water partition coefficient (Wildman–Crippen LogP) is 21.7. The zero-order valence-electron chi connectivity index (χ0n) is 51.0. The SMILES string of the molecule is CCCCCCCCCCCCCCCCCCCCC(CCCCCCCCCC)COS(=O)(=O)[O-].CCCCCCCCCCCCCCCCCCCCC(CCCCCCCCCC)COS(=O)(=O)[O-].[Ca+2]. The fraction of sp³-hybridized carbons (Fsp3) is 1.00. The van der Waals surface area contributed by atoms with E-state index in [1.807, 2.05) is 0 Å². The van der Waals surface area contributed by atoms with Crippen molar-refractivity contribution in [1.29, 1.82) is 0 Å². The van der Waals surface area contributed by atoms with Crippen LogP contribution in [-0.2, 0) is 29.2 Å². The first-order valence-electron chi connectivity index (χ1n) is 33.2. The smallest absolute Gasteiger partial charge is 0.726 e. The molecule has 75 heavy (non-hydrogen) atoms. The van der Waals surface area contributed by atoms with Crippen LogP contribution < -0.4 is 0 Å². The molecular formula is C64H130CaO8S2. The summed E-state index contributed by atoms with van der Waals surface area (Å²) < 4.78 is 74.6. The second-order valence-corrected chi connectivity index (χ2v) is 25.3. The summed E-state index contributed by atoms with van der Waals surface area (Å²) in [5, 5.41) is 0. The van der Waals surface area contributed by atoms with Gasteiger partial charge in [-0.25, -0.2) is 16.8 Å². The van der Waals surface area contributed by atoms with Gasteiger partial charge in [0.1, 0.15) is 0 Å².